The van der Waals surface area contributed by atoms with Gasteiger partial charge >= 0.3 is 0 Å². The molecule has 9 aromatic rings. The van der Waals surface area contributed by atoms with Crippen molar-refractivity contribution in [3.63, 3.8) is 0 Å². The fraction of sp³-hybridized carbons (Fsp3) is 0.0652. The molecule has 1 aliphatic carbocycles. The number of para-hydroxylation sites is 1. The topological polar surface area (TPSA) is 43.6 Å². The van der Waals surface area contributed by atoms with Gasteiger partial charge in [-0.15, -0.1) is 11.3 Å². The Morgan fingerprint density at radius 3 is 2.04 bits per heavy atom. The molecule has 0 N–H and O–H groups in total. The second-order valence-corrected chi connectivity index (χ2v) is 14.4. The van der Waals surface area contributed by atoms with Crippen molar-refractivity contribution in [1.29, 1.82) is 0 Å². The molecule has 51 heavy (non-hydrogen) atoms. The van der Waals surface area contributed by atoms with Gasteiger partial charge in [0.25, 0.3) is 0 Å². The van der Waals surface area contributed by atoms with Crippen LogP contribution >= 0.6 is 11.3 Å². The third kappa shape index (κ3) is 5.08. The van der Waals surface area contributed by atoms with Gasteiger partial charge in [0.2, 0.25) is 0 Å². The summed E-state index contributed by atoms with van der Waals surface area (Å²) in [5, 5.41) is 5.11. The normalized spacial score (nSPS) is 14.5. The van der Waals surface area contributed by atoms with E-state index in [0.717, 1.165) is 28.8 Å². The maximum absolute atomic E-state index is 5.00. The molecule has 3 heterocycles. The molecule has 1 atom stereocenters. The third-order valence-corrected chi connectivity index (χ3v) is 11.2. The Labute approximate surface area is 299 Å². The van der Waals surface area contributed by atoms with Gasteiger partial charge in [-0.1, -0.05) is 116 Å². The number of aromatic nitrogens is 4. The highest BCUT2D eigenvalue weighted by Crippen LogP contribution is 2.42. The number of nitrogens with zero attached hydrogens (tertiary/aromatic N) is 4. The van der Waals surface area contributed by atoms with Crippen LogP contribution in [-0.4, -0.2) is 19.5 Å². The maximum atomic E-state index is 5.00. The van der Waals surface area contributed by atoms with Gasteiger partial charge in [0.05, 0.1) is 11.0 Å². The van der Waals surface area contributed by atoms with Gasteiger partial charge in [-0.3, -0.25) is 0 Å². The Morgan fingerprint density at radius 2 is 1.24 bits per heavy atom. The Bertz CT molecular complexity index is 2840. The predicted molar refractivity (Wildman–Crippen MR) is 214 cm³/mol. The van der Waals surface area contributed by atoms with Crippen LogP contribution in [-0.2, 0) is 0 Å². The zero-order valence-electron chi connectivity index (χ0n) is 28.0. The fourth-order valence-electron chi connectivity index (χ4n) is 7.40. The molecule has 242 valence electrons. The summed E-state index contributed by atoms with van der Waals surface area (Å²) in [6, 6.07) is 49.8. The number of thiophene rings is 1. The van der Waals surface area contributed by atoms with Gasteiger partial charge in [0.1, 0.15) is 0 Å². The Balaban J connectivity index is 1.08. The van der Waals surface area contributed by atoms with Crippen molar-refractivity contribution in [2.75, 3.05) is 0 Å². The van der Waals surface area contributed by atoms with E-state index in [0.29, 0.717) is 23.4 Å². The summed E-state index contributed by atoms with van der Waals surface area (Å²) in [5.74, 6) is 2.56. The first-order valence-electron chi connectivity index (χ1n) is 17.4. The molecular weight excluding hydrogens is 641 g/mol. The summed E-state index contributed by atoms with van der Waals surface area (Å²) in [6.45, 7) is 2.22. The first-order chi connectivity index (χ1) is 25.2. The van der Waals surface area contributed by atoms with Gasteiger partial charge in [-0.25, -0.2) is 15.0 Å². The molecule has 4 nitrogen and oxygen atoms in total. The summed E-state index contributed by atoms with van der Waals surface area (Å²) < 4.78 is 5.02. The van der Waals surface area contributed by atoms with Crippen LogP contribution in [0.4, 0.5) is 0 Å². The van der Waals surface area contributed by atoms with Crippen molar-refractivity contribution < 1.29 is 0 Å². The average molecular weight is 673 g/mol. The minimum atomic E-state index is 0.513. The number of fused-ring (bicyclic) bond motifs is 6. The Hall–Kier alpha value is -6.17. The van der Waals surface area contributed by atoms with Crippen LogP contribution in [0.2, 0.25) is 0 Å². The van der Waals surface area contributed by atoms with Crippen LogP contribution in [0.1, 0.15) is 19.2 Å². The van der Waals surface area contributed by atoms with Gasteiger partial charge in [-0.05, 0) is 72.0 Å². The Morgan fingerprint density at radius 1 is 0.569 bits per heavy atom. The molecule has 0 aliphatic heterocycles. The van der Waals surface area contributed by atoms with Gasteiger partial charge < -0.3 is 4.57 Å². The monoisotopic (exact) mass is 672 g/mol. The maximum Gasteiger partial charge on any atom is 0.164 e. The molecule has 3 aromatic heterocycles. The molecule has 5 heteroatoms. The molecule has 1 aliphatic rings. The summed E-state index contributed by atoms with van der Waals surface area (Å²) in [6.07, 6.45) is 7.58. The molecule has 10 rings (SSSR count). The lowest BCUT2D eigenvalue weighted by molar-refractivity contribution is 0.738. The summed E-state index contributed by atoms with van der Waals surface area (Å²) in [7, 11) is 0. The first-order valence-corrected chi connectivity index (χ1v) is 18.2. The Kier molecular flexibility index (Phi) is 7.00. The molecule has 0 saturated carbocycles. The highest BCUT2D eigenvalue weighted by Gasteiger charge is 2.18. The number of benzene rings is 6. The van der Waals surface area contributed by atoms with E-state index < -0.39 is 0 Å². The van der Waals surface area contributed by atoms with Crippen LogP contribution in [0.25, 0.3) is 87.1 Å². The number of allylic oxidation sites excluding steroid dienone is 4. The van der Waals surface area contributed by atoms with E-state index in [2.05, 4.69) is 151 Å². The standard InChI is InChI=1S/C46H32N4S/c1-29-18-20-31(21-19-29)45-47-44(30-10-3-2-4-11-30)48-46(49-45)32-22-25-34(26-23-32)50-40-16-7-5-12-36(40)39-28-33(24-27-41(39)50)35-14-9-15-38-37-13-6-8-17-42(37)51-43(35)38/h2-18,20-29H,19H2,1H3. The van der Waals surface area contributed by atoms with Crippen LogP contribution in [0.5, 0.6) is 0 Å². The molecule has 0 fully saturated rings. The van der Waals surface area contributed by atoms with Crippen LogP contribution in [0.3, 0.4) is 0 Å². The van der Waals surface area contributed by atoms with Crippen molar-refractivity contribution in [3.8, 4) is 39.6 Å². The van der Waals surface area contributed by atoms with E-state index in [1.54, 1.807) is 0 Å². The zero-order chi connectivity index (χ0) is 33.9. The zero-order valence-corrected chi connectivity index (χ0v) is 28.8. The SMILES string of the molecule is CC1C=CC(c2nc(-c3ccccc3)nc(-c3ccc(-n4c5ccccc5c5cc(-c6cccc7c6sc6ccccc67)ccc54)cc3)n2)=CC1. The van der Waals surface area contributed by atoms with E-state index in [-0.39, 0.29) is 0 Å². The van der Waals surface area contributed by atoms with E-state index >= 15 is 0 Å². The van der Waals surface area contributed by atoms with Crippen molar-refractivity contribution in [2.24, 2.45) is 5.92 Å². The molecule has 0 amide bonds. The van der Waals surface area contributed by atoms with E-state index in [4.69, 9.17) is 15.0 Å². The number of hydrogen-bond donors (Lipinski definition) is 0. The quantitative estimate of drug-likeness (QED) is 0.183. The average Bonchev–Trinajstić information content (AvgIpc) is 3.74. The summed E-state index contributed by atoms with van der Waals surface area (Å²) in [5.41, 5.74) is 8.92. The smallest absolute Gasteiger partial charge is 0.164 e. The molecule has 0 saturated heterocycles. The molecular formula is C46H32N4S. The van der Waals surface area contributed by atoms with Crippen LogP contribution < -0.4 is 0 Å². The van der Waals surface area contributed by atoms with Gasteiger partial charge in [0, 0.05) is 53.3 Å². The van der Waals surface area contributed by atoms with Crippen molar-refractivity contribution >= 4 is 58.9 Å². The lowest BCUT2D eigenvalue weighted by Gasteiger charge is -2.13. The molecule has 6 aromatic carbocycles. The first kappa shape index (κ1) is 29.7. The third-order valence-electron chi connectivity index (χ3n) is 10.0. The summed E-state index contributed by atoms with van der Waals surface area (Å²) in [4.78, 5) is 14.9. The highest BCUT2D eigenvalue weighted by molar-refractivity contribution is 7.26. The van der Waals surface area contributed by atoms with E-state index in [1.165, 1.54) is 53.1 Å². The predicted octanol–water partition coefficient (Wildman–Crippen LogP) is 12.3. The van der Waals surface area contributed by atoms with Crippen molar-refractivity contribution in [2.45, 2.75) is 13.3 Å². The minimum absolute atomic E-state index is 0.513. The molecule has 0 spiro atoms. The van der Waals surface area contributed by atoms with Gasteiger partial charge in [-0.2, -0.15) is 0 Å². The van der Waals surface area contributed by atoms with Crippen molar-refractivity contribution in [3.05, 3.63) is 164 Å². The number of rotatable bonds is 5. The largest absolute Gasteiger partial charge is 0.309 e. The molecule has 0 bridgehead atoms. The number of hydrogen-bond acceptors (Lipinski definition) is 4. The van der Waals surface area contributed by atoms with Gasteiger partial charge in [0.15, 0.2) is 17.5 Å². The second-order valence-electron chi connectivity index (χ2n) is 13.3. The molecule has 0 radical (unpaired) electrons. The van der Waals surface area contributed by atoms with E-state index in [1.807, 2.05) is 29.5 Å². The molecule has 1 unspecified atom stereocenters. The van der Waals surface area contributed by atoms with Crippen molar-refractivity contribution in [1.82, 2.24) is 19.5 Å². The van der Waals surface area contributed by atoms with Crippen LogP contribution in [0, 0.1) is 5.92 Å². The summed E-state index contributed by atoms with van der Waals surface area (Å²) >= 11 is 1.88. The highest BCUT2D eigenvalue weighted by atomic mass is 32.1. The lowest BCUT2D eigenvalue weighted by atomic mass is 9.98. The minimum Gasteiger partial charge on any atom is -0.309 e. The van der Waals surface area contributed by atoms with Crippen LogP contribution in [0.15, 0.2) is 158 Å². The second kappa shape index (κ2) is 12.0. The fourth-order valence-corrected chi connectivity index (χ4v) is 8.63. The lowest BCUT2D eigenvalue weighted by Crippen LogP contribution is -2.04. The van der Waals surface area contributed by atoms with E-state index in [9.17, 15) is 0 Å².